The largest absolute Gasteiger partial charge is 0.427 e. The van der Waals surface area contributed by atoms with E-state index in [1.165, 1.54) is 25.6 Å². The topological polar surface area (TPSA) is 29.5 Å². The molecule has 0 fully saturated rings. The van der Waals surface area contributed by atoms with Crippen molar-refractivity contribution in [1.29, 1.82) is 0 Å². The summed E-state index contributed by atoms with van der Waals surface area (Å²) >= 11 is 8.32. The minimum atomic E-state index is -0.976. The normalized spacial score (nSPS) is 13.0. The molecule has 0 aliphatic rings. The number of hydrogen-bond acceptors (Lipinski definition) is 3. The van der Waals surface area contributed by atoms with Crippen molar-refractivity contribution in [3.8, 4) is 0 Å². The third-order valence-corrected chi connectivity index (χ3v) is 6.96. The molecule has 0 aliphatic carbocycles. The monoisotopic (exact) mass is 395 g/mol. The lowest BCUT2D eigenvalue weighted by Crippen LogP contribution is -2.49. The summed E-state index contributed by atoms with van der Waals surface area (Å²) in [6, 6.07) is 16.8. The Kier molecular flexibility index (Phi) is 4.51. The molecule has 0 saturated carbocycles. The van der Waals surface area contributed by atoms with Crippen LogP contribution in [0.2, 0.25) is 5.02 Å². The van der Waals surface area contributed by atoms with Crippen LogP contribution >= 0.6 is 22.9 Å². The molecule has 4 rings (SSSR count). The zero-order valence-electron chi connectivity index (χ0n) is 15.8. The molecule has 137 valence electrons. The van der Waals surface area contributed by atoms with Gasteiger partial charge in [-0.3, -0.25) is 0 Å². The molecule has 1 radical (unpaired) electrons. The number of fused-ring (bicyclic) bond motifs is 5. The Labute approximate surface area is 169 Å². The fraction of sp³-hybridized carbons (Fsp3) is 0.273. The van der Waals surface area contributed by atoms with Crippen LogP contribution in [0.25, 0.3) is 30.9 Å². The van der Waals surface area contributed by atoms with Crippen LogP contribution in [0.5, 0.6) is 0 Å². The standard InChI is InChI=1S/C22H21BClO2S/c1-21(2,25)22(3,4)26-23-17-12-19-16(11-18(17)24)15-10-9-13-7-5-6-8-14(13)20(15)27-19/h5-12,25H,1-4H3. The first kappa shape index (κ1) is 18.8. The first-order valence-electron chi connectivity index (χ1n) is 8.94. The van der Waals surface area contributed by atoms with Crippen LogP contribution in [0.3, 0.4) is 0 Å². The van der Waals surface area contributed by atoms with Gasteiger partial charge in [0.05, 0.1) is 11.2 Å². The molecular formula is C22H21BClO2S. The van der Waals surface area contributed by atoms with Gasteiger partial charge in [-0.25, -0.2) is 0 Å². The molecule has 4 aromatic rings. The Morgan fingerprint density at radius 1 is 0.963 bits per heavy atom. The van der Waals surface area contributed by atoms with Crippen LogP contribution in [0.1, 0.15) is 27.7 Å². The van der Waals surface area contributed by atoms with E-state index in [-0.39, 0.29) is 0 Å². The van der Waals surface area contributed by atoms with Crippen LogP contribution in [0, 0.1) is 0 Å². The highest BCUT2D eigenvalue weighted by Gasteiger charge is 2.35. The highest BCUT2D eigenvalue weighted by molar-refractivity contribution is 7.26. The van der Waals surface area contributed by atoms with E-state index in [0.29, 0.717) is 5.02 Å². The van der Waals surface area contributed by atoms with Gasteiger partial charge in [0, 0.05) is 25.2 Å². The lowest BCUT2D eigenvalue weighted by molar-refractivity contribution is -0.0893. The Balaban J connectivity index is 1.79. The molecule has 0 amide bonds. The summed E-state index contributed by atoms with van der Waals surface area (Å²) in [6.45, 7) is 7.20. The van der Waals surface area contributed by atoms with Crippen molar-refractivity contribution in [3.05, 3.63) is 53.6 Å². The summed E-state index contributed by atoms with van der Waals surface area (Å²) < 4.78 is 8.34. The number of aliphatic hydroxyl groups is 1. The molecule has 0 bridgehead atoms. The molecule has 1 N–H and O–H groups in total. The summed E-state index contributed by atoms with van der Waals surface area (Å²) in [5, 5.41) is 15.8. The summed E-state index contributed by atoms with van der Waals surface area (Å²) in [6.07, 6.45) is 0. The Hall–Kier alpha value is -1.59. The van der Waals surface area contributed by atoms with Gasteiger partial charge < -0.3 is 9.76 Å². The highest BCUT2D eigenvalue weighted by Crippen LogP contribution is 2.39. The number of thiophene rings is 1. The zero-order chi connectivity index (χ0) is 19.4. The number of halogens is 1. The Morgan fingerprint density at radius 3 is 2.44 bits per heavy atom. The number of rotatable bonds is 4. The Bertz CT molecular complexity index is 1160. The number of hydrogen-bond donors (Lipinski definition) is 1. The molecule has 1 heterocycles. The predicted octanol–water partition coefficient (Wildman–Crippen LogP) is 5.67. The van der Waals surface area contributed by atoms with Gasteiger partial charge in [0.15, 0.2) is 0 Å². The number of benzene rings is 3. The van der Waals surface area contributed by atoms with Gasteiger partial charge in [-0.1, -0.05) is 48.0 Å². The second-order valence-corrected chi connectivity index (χ2v) is 9.40. The quantitative estimate of drug-likeness (QED) is 0.451. The molecular weight excluding hydrogens is 375 g/mol. The third kappa shape index (κ3) is 3.25. The molecule has 2 nitrogen and oxygen atoms in total. The van der Waals surface area contributed by atoms with Crippen molar-refractivity contribution in [3.63, 3.8) is 0 Å². The van der Waals surface area contributed by atoms with Gasteiger partial charge >= 0.3 is 7.48 Å². The molecule has 1 aromatic heterocycles. The van der Waals surface area contributed by atoms with E-state index in [0.717, 1.165) is 10.8 Å². The molecule has 0 saturated heterocycles. The molecule has 0 spiro atoms. The maximum atomic E-state index is 10.3. The van der Waals surface area contributed by atoms with Crippen molar-refractivity contribution in [1.82, 2.24) is 0 Å². The van der Waals surface area contributed by atoms with Crippen LogP contribution in [-0.2, 0) is 4.65 Å². The lowest BCUT2D eigenvalue weighted by atomic mass is 9.82. The average molecular weight is 396 g/mol. The maximum absolute atomic E-state index is 10.3. The van der Waals surface area contributed by atoms with Crippen LogP contribution in [0.15, 0.2) is 48.5 Å². The summed E-state index contributed by atoms with van der Waals surface area (Å²) in [5.74, 6) is 0. The fourth-order valence-electron chi connectivity index (χ4n) is 2.98. The van der Waals surface area contributed by atoms with Crippen molar-refractivity contribution in [2.45, 2.75) is 38.9 Å². The third-order valence-electron chi connectivity index (χ3n) is 5.43. The second kappa shape index (κ2) is 6.49. The van der Waals surface area contributed by atoms with Gasteiger partial charge in [-0.15, -0.1) is 11.3 Å². The smallest absolute Gasteiger partial charge is 0.332 e. The predicted molar refractivity (Wildman–Crippen MR) is 119 cm³/mol. The van der Waals surface area contributed by atoms with Crippen molar-refractivity contribution in [2.75, 3.05) is 0 Å². The second-order valence-electron chi connectivity index (χ2n) is 7.94. The molecule has 0 unspecified atom stereocenters. The molecule has 5 heteroatoms. The summed E-state index contributed by atoms with van der Waals surface area (Å²) in [5.41, 5.74) is -0.893. The van der Waals surface area contributed by atoms with Gasteiger partial charge in [0.2, 0.25) is 0 Å². The van der Waals surface area contributed by atoms with Crippen molar-refractivity contribution in [2.24, 2.45) is 0 Å². The van der Waals surface area contributed by atoms with Crippen molar-refractivity contribution >= 4 is 66.8 Å². The molecule has 27 heavy (non-hydrogen) atoms. The van der Waals surface area contributed by atoms with E-state index in [4.69, 9.17) is 16.3 Å². The van der Waals surface area contributed by atoms with Gasteiger partial charge in [0.1, 0.15) is 0 Å². The lowest BCUT2D eigenvalue weighted by Gasteiger charge is -2.37. The molecule has 0 atom stereocenters. The van der Waals surface area contributed by atoms with E-state index >= 15 is 0 Å². The summed E-state index contributed by atoms with van der Waals surface area (Å²) in [4.78, 5) is 0. The Morgan fingerprint density at radius 2 is 1.70 bits per heavy atom. The summed E-state index contributed by atoms with van der Waals surface area (Å²) in [7, 11) is 1.65. The van der Waals surface area contributed by atoms with E-state index in [1.807, 2.05) is 19.9 Å². The average Bonchev–Trinajstić information content (AvgIpc) is 2.96. The maximum Gasteiger partial charge on any atom is 0.332 e. The fourth-order valence-corrected chi connectivity index (χ4v) is 4.46. The van der Waals surface area contributed by atoms with Gasteiger partial charge in [0.25, 0.3) is 0 Å². The van der Waals surface area contributed by atoms with Crippen molar-refractivity contribution < 1.29 is 9.76 Å². The van der Waals surface area contributed by atoms with Crippen LogP contribution in [0.4, 0.5) is 0 Å². The van der Waals surface area contributed by atoms with E-state index < -0.39 is 11.2 Å². The SMILES string of the molecule is CC(C)(O)C(C)(C)O[B]c1cc2sc3c4ccccc4ccc3c2cc1Cl. The molecule has 0 aliphatic heterocycles. The van der Waals surface area contributed by atoms with Crippen LogP contribution < -0.4 is 5.46 Å². The van der Waals surface area contributed by atoms with E-state index in [1.54, 1.807) is 32.7 Å². The zero-order valence-corrected chi connectivity index (χ0v) is 17.4. The van der Waals surface area contributed by atoms with E-state index in [2.05, 4.69) is 42.5 Å². The minimum Gasteiger partial charge on any atom is -0.427 e. The van der Waals surface area contributed by atoms with Crippen LogP contribution in [-0.4, -0.2) is 23.8 Å². The van der Waals surface area contributed by atoms with Gasteiger partial charge in [-0.05, 0) is 56.1 Å². The van der Waals surface area contributed by atoms with E-state index in [9.17, 15) is 5.11 Å². The first-order valence-corrected chi connectivity index (χ1v) is 10.1. The molecule has 3 aromatic carbocycles. The van der Waals surface area contributed by atoms with Gasteiger partial charge in [-0.2, -0.15) is 0 Å². The first-order chi connectivity index (χ1) is 12.7. The highest BCUT2D eigenvalue weighted by atomic mass is 35.5. The minimum absolute atomic E-state index is 0.641.